The Labute approximate surface area is 187 Å². The number of ketones is 1. The van der Waals surface area contributed by atoms with Crippen molar-refractivity contribution >= 4 is 23.6 Å². The van der Waals surface area contributed by atoms with Gasteiger partial charge in [0.2, 0.25) is 0 Å². The van der Waals surface area contributed by atoms with Crippen LogP contribution in [0.2, 0.25) is 0 Å². The van der Waals surface area contributed by atoms with Crippen molar-refractivity contribution < 1.29 is 28.7 Å². The summed E-state index contributed by atoms with van der Waals surface area (Å²) < 4.78 is 10.0. The number of benzene rings is 2. The number of nitrogens with zero attached hydrogens (tertiary/aromatic N) is 1. The molecule has 3 rings (SSSR count). The van der Waals surface area contributed by atoms with Crippen LogP contribution in [0.5, 0.6) is 0 Å². The van der Waals surface area contributed by atoms with Gasteiger partial charge in [-0.25, -0.2) is 4.79 Å². The number of carbonyl (C=O) groups is 4. The molecule has 2 aromatic carbocycles. The summed E-state index contributed by atoms with van der Waals surface area (Å²) >= 11 is 0. The number of hydrogen-bond donors (Lipinski definition) is 0. The first-order valence-corrected chi connectivity index (χ1v) is 10.7. The van der Waals surface area contributed by atoms with Crippen molar-refractivity contribution in [3.8, 4) is 0 Å². The normalized spacial score (nSPS) is 16.3. The minimum absolute atomic E-state index is 0.0713. The second-order valence-corrected chi connectivity index (χ2v) is 7.80. The summed E-state index contributed by atoms with van der Waals surface area (Å²) in [4.78, 5) is 51.2. The molecular formula is C25H27NO6. The lowest BCUT2D eigenvalue weighted by Gasteiger charge is -2.24. The number of methoxy groups -OCH3 is 1. The smallest absolute Gasteiger partial charge is 0.396 e. The lowest BCUT2D eigenvalue weighted by atomic mass is 9.91. The largest absolute Gasteiger partial charge is 0.462 e. The summed E-state index contributed by atoms with van der Waals surface area (Å²) in [6, 6.07) is 18.0. The maximum atomic E-state index is 13.1. The van der Waals surface area contributed by atoms with Gasteiger partial charge in [-0.3, -0.25) is 14.4 Å². The van der Waals surface area contributed by atoms with E-state index >= 15 is 0 Å². The number of rotatable bonds is 8. The number of esters is 2. The molecule has 0 aromatic heterocycles. The highest BCUT2D eigenvalue weighted by molar-refractivity contribution is 6.32. The molecule has 32 heavy (non-hydrogen) atoms. The lowest BCUT2D eigenvalue weighted by Crippen LogP contribution is -2.45. The molecule has 1 aliphatic rings. The topological polar surface area (TPSA) is 90.0 Å². The number of likely N-dealkylation sites (tertiary alicyclic amines) is 1. The molecule has 0 unspecified atom stereocenters. The van der Waals surface area contributed by atoms with E-state index in [4.69, 9.17) is 4.74 Å². The van der Waals surface area contributed by atoms with Gasteiger partial charge in [0.1, 0.15) is 6.61 Å². The van der Waals surface area contributed by atoms with Gasteiger partial charge >= 0.3 is 17.8 Å². The summed E-state index contributed by atoms with van der Waals surface area (Å²) in [5.41, 5.74) is 1.77. The predicted molar refractivity (Wildman–Crippen MR) is 116 cm³/mol. The average molecular weight is 437 g/mol. The number of Topliss-reactive ketones (excluding diaryl/α,β-unsaturated/α-hetero) is 1. The molecular weight excluding hydrogens is 410 g/mol. The highest BCUT2D eigenvalue weighted by Gasteiger charge is 2.38. The fourth-order valence-corrected chi connectivity index (χ4v) is 3.91. The molecule has 7 nitrogen and oxygen atoms in total. The average Bonchev–Trinajstić information content (AvgIpc) is 3.32. The van der Waals surface area contributed by atoms with E-state index in [1.165, 1.54) is 4.90 Å². The van der Waals surface area contributed by atoms with E-state index in [0.717, 1.165) is 18.2 Å². The van der Waals surface area contributed by atoms with Crippen LogP contribution in [0.25, 0.3) is 0 Å². The second kappa shape index (κ2) is 11.2. The molecule has 7 heteroatoms. The van der Waals surface area contributed by atoms with Gasteiger partial charge in [0.15, 0.2) is 5.78 Å². The first-order valence-electron chi connectivity index (χ1n) is 10.7. The van der Waals surface area contributed by atoms with Crippen LogP contribution in [-0.4, -0.2) is 48.2 Å². The van der Waals surface area contributed by atoms with Crippen LogP contribution in [0, 0.1) is 5.92 Å². The Kier molecular flexibility index (Phi) is 8.14. The van der Waals surface area contributed by atoms with E-state index < -0.39 is 29.8 Å². The molecule has 0 aliphatic carbocycles. The molecule has 0 radical (unpaired) electrons. The Morgan fingerprint density at radius 1 is 0.969 bits per heavy atom. The van der Waals surface area contributed by atoms with Crippen LogP contribution in [0.1, 0.15) is 30.4 Å². The molecule has 0 spiro atoms. The number of amides is 1. The molecule has 2 aromatic rings. The van der Waals surface area contributed by atoms with Gasteiger partial charge in [-0.1, -0.05) is 60.7 Å². The molecule has 1 aliphatic heterocycles. The van der Waals surface area contributed by atoms with Gasteiger partial charge in [-0.05, 0) is 30.4 Å². The monoisotopic (exact) mass is 437 g/mol. The van der Waals surface area contributed by atoms with E-state index in [1.807, 2.05) is 60.7 Å². The van der Waals surface area contributed by atoms with Crippen molar-refractivity contribution in [2.75, 3.05) is 13.7 Å². The molecule has 2 atom stereocenters. The summed E-state index contributed by atoms with van der Waals surface area (Å²) in [6.07, 6.45) is 1.34. The van der Waals surface area contributed by atoms with Crippen molar-refractivity contribution in [2.24, 2.45) is 5.92 Å². The minimum atomic E-state index is -0.993. The van der Waals surface area contributed by atoms with E-state index in [9.17, 15) is 19.2 Å². The van der Waals surface area contributed by atoms with Gasteiger partial charge in [0, 0.05) is 13.0 Å². The maximum Gasteiger partial charge on any atom is 0.396 e. The molecule has 0 N–H and O–H groups in total. The van der Waals surface area contributed by atoms with Crippen molar-refractivity contribution in [3.63, 3.8) is 0 Å². The van der Waals surface area contributed by atoms with Crippen LogP contribution < -0.4 is 0 Å². The van der Waals surface area contributed by atoms with Gasteiger partial charge < -0.3 is 14.4 Å². The third kappa shape index (κ3) is 6.03. The van der Waals surface area contributed by atoms with Crippen LogP contribution >= 0.6 is 0 Å². The SMILES string of the molecule is COC(=O)C(=O)N1CCC[C@H]1C(=O)C[C@H](Cc1ccccc1)C(=O)OCc1ccccc1. The molecule has 1 heterocycles. The fourth-order valence-electron chi connectivity index (χ4n) is 3.91. The lowest BCUT2D eigenvalue weighted by molar-refractivity contribution is -0.159. The predicted octanol–water partition coefficient (Wildman–Crippen LogP) is 2.71. The number of carbonyl (C=O) groups excluding carboxylic acids is 4. The zero-order valence-electron chi connectivity index (χ0n) is 18.1. The Morgan fingerprint density at radius 3 is 2.22 bits per heavy atom. The molecule has 1 amide bonds. The quantitative estimate of drug-likeness (QED) is 0.466. The summed E-state index contributed by atoms with van der Waals surface area (Å²) in [5.74, 6) is -3.22. The van der Waals surface area contributed by atoms with E-state index in [2.05, 4.69) is 4.74 Å². The Hall–Kier alpha value is -3.48. The third-order valence-electron chi connectivity index (χ3n) is 5.58. The van der Waals surface area contributed by atoms with Crippen LogP contribution in [0.15, 0.2) is 60.7 Å². The number of hydrogen-bond acceptors (Lipinski definition) is 6. The Morgan fingerprint density at radius 2 is 1.59 bits per heavy atom. The van der Waals surface area contributed by atoms with E-state index in [0.29, 0.717) is 25.8 Å². The molecule has 1 fully saturated rings. The maximum absolute atomic E-state index is 13.1. The molecule has 0 saturated carbocycles. The first kappa shape index (κ1) is 23.2. The Bertz CT molecular complexity index is 943. The van der Waals surface area contributed by atoms with Crippen LogP contribution in [-0.2, 0) is 41.7 Å². The molecule has 1 saturated heterocycles. The summed E-state index contributed by atoms with van der Waals surface area (Å²) in [5, 5.41) is 0. The summed E-state index contributed by atoms with van der Waals surface area (Å²) in [7, 11) is 1.13. The van der Waals surface area contributed by atoms with Crippen molar-refractivity contribution in [3.05, 3.63) is 71.8 Å². The zero-order valence-corrected chi connectivity index (χ0v) is 18.1. The van der Waals surface area contributed by atoms with Gasteiger partial charge in [0.05, 0.1) is 19.1 Å². The van der Waals surface area contributed by atoms with Gasteiger partial charge in [0.25, 0.3) is 0 Å². The van der Waals surface area contributed by atoms with Crippen molar-refractivity contribution in [1.82, 2.24) is 4.90 Å². The van der Waals surface area contributed by atoms with Crippen LogP contribution in [0.3, 0.4) is 0 Å². The highest BCUT2D eigenvalue weighted by atomic mass is 16.5. The minimum Gasteiger partial charge on any atom is -0.462 e. The highest BCUT2D eigenvalue weighted by Crippen LogP contribution is 2.24. The standard InChI is InChI=1S/C25H27NO6/c1-31-25(30)23(28)26-14-8-13-21(26)22(27)16-20(15-18-9-4-2-5-10-18)24(29)32-17-19-11-6-3-7-12-19/h2-7,9-12,20-21H,8,13-17H2,1H3/t20-,21-/m0/s1. The fraction of sp³-hybridized carbons (Fsp3) is 0.360. The van der Waals surface area contributed by atoms with Crippen LogP contribution in [0.4, 0.5) is 0 Å². The van der Waals surface area contributed by atoms with Crippen molar-refractivity contribution in [2.45, 2.75) is 38.3 Å². The van der Waals surface area contributed by atoms with E-state index in [-0.39, 0.29) is 18.8 Å². The molecule has 168 valence electrons. The van der Waals surface area contributed by atoms with E-state index in [1.54, 1.807) is 0 Å². The zero-order chi connectivity index (χ0) is 22.9. The van der Waals surface area contributed by atoms with Gasteiger partial charge in [-0.15, -0.1) is 0 Å². The number of ether oxygens (including phenoxy) is 2. The molecule has 0 bridgehead atoms. The van der Waals surface area contributed by atoms with Crippen molar-refractivity contribution in [1.29, 1.82) is 0 Å². The van der Waals surface area contributed by atoms with Gasteiger partial charge in [-0.2, -0.15) is 0 Å². The first-order chi connectivity index (χ1) is 15.5. The second-order valence-electron chi connectivity index (χ2n) is 7.80. The summed E-state index contributed by atoms with van der Waals surface area (Å²) in [6.45, 7) is 0.432. The third-order valence-corrected chi connectivity index (χ3v) is 5.58. The Balaban J connectivity index is 1.71.